The zero-order valence-corrected chi connectivity index (χ0v) is 10.5. The number of thioether (sulfide) groups is 1. The molecule has 0 aromatic carbocycles. The van der Waals surface area contributed by atoms with E-state index in [0.717, 1.165) is 17.1 Å². The minimum absolute atomic E-state index is 0.0136. The van der Waals surface area contributed by atoms with Crippen LogP contribution in [0.2, 0.25) is 0 Å². The Hall–Kier alpha value is -0.920. The molecule has 0 unspecified atom stereocenters. The van der Waals surface area contributed by atoms with Gasteiger partial charge < -0.3 is 5.32 Å². The van der Waals surface area contributed by atoms with Crippen molar-refractivity contribution in [2.75, 3.05) is 12.3 Å². The lowest BCUT2D eigenvalue weighted by Gasteiger charge is -2.08. The molecule has 16 heavy (non-hydrogen) atoms. The molecule has 0 atom stereocenters. The van der Waals surface area contributed by atoms with Gasteiger partial charge in [0.05, 0.1) is 4.88 Å². The van der Waals surface area contributed by atoms with E-state index in [1.807, 2.05) is 17.8 Å². The molecule has 2 rings (SSSR count). The molecule has 0 aliphatic carbocycles. The second-order valence-electron chi connectivity index (χ2n) is 3.57. The molecule has 1 amide bonds. The lowest BCUT2D eigenvalue weighted by molar-refractivity contribution is 0.0958. The maximum Gasteiger partial charge on any atom is 0.261 e. The number of hydrogen-bond donors (Lipinski definition) is 1. The van der Waals surface area contributed by atoms with E-state index in [4.69, 9.17) is 6.42 Å². The Morgan fingerprint density at radius 1 is 1.62 bits per heavy atom. The van der Waals surface area contributed by atoms with E-state index in [1.54, 1.807) is 11.3 Å². The zero-order valence-electron chi connectivity index (χ0n) is 8.91. The standard InChI is InChI=1S/C12H13NOS2/c1-2-3-5-13-12(14)11-7-9-8-15-6-4-10(9)16-11/h1,7H,3-6,8H2,(H,13,14). The van der Waals surface area contributed by atoms with Gasteiger partial charge in [-0.15, -0.1) is 23.7 Å². The third-order valence-electron chi connectivity index (χ3n) is 2.41. The highest BCUT2D eigenvalue weighted by molar-refractivity contribution is 7.98. The van der Waals surface area contributed by atoms with Gasteiger partial charge in [0.15, 0.2) is 0 Å². The summed E-state index contributed by atoms with van der Waals surface area (Å²) in [5.41, 5.74) is 1.34. The third-order valence-corrected chi connectivity index (χ3v) is 4.65. The third kappa shape index (κ3) is 2.60. The molecular formula is C12H13NOS2. The van der Waals surface area contributed by atoms with Crippen LogP contribution in [0.15, 0.2) is 6.07 Å². The van der Waals surface area contributed by atoms with E-state index in [-0.39, 0.29) is 5.91 Å². The quantitative estimate of drug-likeness (QED) is 0.659. The summed E-state index contributed by atoms with van der Waals surface area (Å²) in [5, 5.41) is 2.83. The van der Waals surface area contributed by atoms with E-state index < -0.39 is 0 Å². The summed E-state index contributed by atoms with van der Waals surface area (Å²) in [5.74, 6) is 4.74. The number of carbonyl (C=O) groups excluding carboxylic acids is 1. The van der Waals surface area contributed by atoms with Gasteiger partial charge in [0, 0.05) is 23.6 Å². The van der Waals surface area contributed by atoms with Gasteiger partial charge in [0.25, 0.3) is 5.91 Å². The number of aryl methyl sites for hydroxylation is 1. The first kappa shape index (κ1) is 11.6. The first-order valence-electron chi connectivity index (χ1n) is 5.22. The van der Waals surface area contributed by atoms with Gasteiger partial charge >= 0.3 is 0 Å². The molecule has 0 fully saturated rings. The second kappa shape index (κ2) is 5.42. The summed E-state index contributed by atoms with van der Waals surface area (Å²) < 4.78 is 0. The number of fused-ring (bicyclic) bond motifs is 1. The van der Waals surface area contributed by atoms with Crippen molar-refractivity contribution in [3.63, 3.8) is 0 Å². The SMILES string of the molecule is C#CCCNC(=O)c1cc2c(s1)CCSC2. The van der Waals surface area contributed by atoms with Gasteiger partial charge in [-0.3, -0.25) is 4.79 Å². The summed E-state index contributed by atoms with van der Waals surface area (Å²) in [7, 11) is 0. The minimum atomic E-state index is 0.0136. The zero-order chi connectivity index (χ0) is 11.4. The Balaban J connectivity index is 2.01. The molecule has 0 bridgehead atoms. The predicted molar refractivity (Wildman–Crippen MR) is 70.0 cm³/mol. The van der Waals surface area contributed by atoms with Crippen LogP contribution in [0.4, 0.5) is 0 Å². The van der Waals surface area contributed by atoms with Crippen LogP contribution in [0.3, 0.4) is 0 Å². The van der Waals surface area contributed by atoms with Crippen molar-refractivity contribution >= 4 is 29.0 Å². The second-order valence-corrected chi connectivity index (χ2v) is 5.81. The summed E-state index contributed by atoms with van der Waals surface area (Å²) in [6, 6.07) is 2.03. The van der Waals surface area contributed by atoms with Crippen molar-refractivity contribution in [1.29, 1.82) is 0 Å². The van der Waals surface area contributed by atoms with Crippen LogP contribution in [0.25, 0.3) is 0 Å². The summed E-state index contributed by atoms with van der Waals surface area (Å²) in [6.07, 6.45) is 6.82. The molecule has 0 radical (unpaired) electrons. The monoisotopic (exact) mass is 251 g/mol. The molecule has 0 spiro atoms. The number of amides is 1. The van der Waals surface area contributed by atoms with Gasteiger partial charge in [-0.05, 0) is 23.8 Å². The Morgan fingerprint density at radius 3 is 3.25 bits per heavy atom. The Morgan fingerprint density at radius 2 is 2.50 bits per heavy atom. The summed E-state index contributed by atoms with van der Waals surface area (Å²) in [6.45, 7) is 0.562. The average Bonchev–Trinajstić information content (AvgIpc) is 2.73. The number of nitrogens with one attached hydrogen (secondary N) is 1. The molecule has 1 aromatic rings. The Bertz CT molecular complexity index is 407. The predicted octanol–water partition coefficient (Wildman–Crippen LogP) is 2.29. The molecule has 1 aliphatic rings. The van der Waals surface area contributed by atoms with Gasteiger partial charge in [0.2, 0.25) is 0 Å². The van der Waals surface area contributed by atoms with Crippen molar-refractivity contribution in [1.82, 2.24) is 5.32 Å². The van der Waals surface area contributed by atoms with Crippen LogP contribution in [-0.2, 0) is 12.2 Å². The van der Waals surface area contributed by atoms with Crippen LogP contribution >= 0.6 is 23.1 Å². The lowest BCUT2D eigenvalue weighted by atomic mass is 10.2. The van der Waals surface area contributed by atoms with Crippen molar-refractivity contribution in [2.45, 2.75) is 18.6 Å². The fraction of sp³-hybridized carbons (Fsp3) is 0.417. The molecule has 2 nitrogen and oxygen atoms in total. The molecule has 1 aliphatic heterocycles. The Labute approximate surface area is 104 Å². The highest BCUT2D eigenvalue weighted by Crippen LogP contribution is 2.31. The van der Waals surface area contributed by atoms with E-state index in [2.05, 4.69) is 11.2 Å². The van der Waals surface area contributed by atoms with Crippen LogP contribution in [0.1, 0.15) is 26.5 Å². The topological polar surface area (TPSA) is 29.1 Å². The van der Waals surface area contributed by atoms with Crippen molar-refractivity contribution in [2.24, 2.45) is 0 Å². The first-order valence-corrected chi connectivity index (χ1v) is 7.19. The van der Waals surface area contributed by atoms with Crippen molar-refractivity contribution in [3.05, 3.63) is 21.4 Å². The van der Waals surface area contributed by atoms with E-state index in [1.165, 1.54) is 16.2 Å². The van der Waals surface area contributed by atoms with Crippen molar-refractivity contribution in [3.8, 4) is 12.3 Å². The van der Waals surface area contributed by atoms with Gasteiger partial charge in [-0.25, -0.2) is 0 Å². The molecule has 4 heteroatoms. The van der Waals surface area contributed by atoms with E-state index in [0.29, 0.717) is 13.0 Å². The van der Waals surface area contributed by atoms with Gasteiger partial charge in [0.1, 0.15) is 0 Å². The number of carbonyl (C=O) groups is 1. The van der Waals surface area contributed by atoms with Crippen molar-refractivity contribution < 1.29 is 4.79 Å². The van der Waals surface area contributed by atoms with E-state index in [9.17, 15) is 4.79 Å². The highest BCUT2D eigenvalue weighted by Gasteiger charge is 2.16. The Kier molecular flexibility index (Phi) is 3.92. The average molecular weight is 251 g/mol. The lowest BCUT2D eigenvalue weighted by Crippen LogP contribution is -2.23. The van der Waals surface area contributed by atoms with Gasteiger partial charge in [-0.2, -0.15) is 11.8 Å². The van der Waals surface area contributed by atoms with E-state index >= 15 is 0 Å². The maximum absolute atomic E-state index is 11.8. The molecule has 1 N–H and O–H groups in total. The smallest absolute Gasteiger partial charge is 0.261 e. The fourth-order valence-electron chi connectivity index (χ4n) is 1.59. The number of hydrogen-bond acceptors (Lipinski definition) is 3. The van der Waals surface area contributed by atoms with Crippen LogP contribution in [-0.4, -0.2) is 18.2 Å². The molecule has 0 saturated carbocycles. The van der Waals surface area contributed by atoms with Gasteiger partial charge in [-0.1, -0.05) is 0 Å². The molecule has 84 valence electrons. The molecular weight excluding hydrogens is 238 g/mol. The minimum Gasteiger partial charge on any atom is -0.350 e. The number of rotatable bonds is 3. The number of thiophene rings is 1. The fourth-order valence-corrected chi connectivity index (χ4v) is 3.88. The van der Waals surface area contributed by atoms with Crippen LogP contribution < -0.4 is 5.32 Å². The molecule has 2 heterocycles. The van der Waals surface area contributed by atoms with Crippen LogP contribution in [0, 0.1) is 12.3 Å². The molecule has 1 aromatic heterocycles. The first-order chi connectivity index (χ1) is 7.81. The number of terminal acetylenes is 1. The summed E-state index contributed by atoms with van der Waals surface area (Å²) in [4.78, 5) is 14.0. The summed E-state index contributed by atoms with van der Waals surface area (Å²) >= 11 is 3.56. The maximum atomic E-state index is 11.8. The highest BCUT2D eigenvalue weighted by atomic mass is 32.2. The normalized spacial score (nSPS) is 13.9. The van der Waals surface area contributed by atoms with Crippen LogP contribution in [0.5, 0.6) is 0 Å². The largest absolute Gasteiger partial charge is 0.350 e. The molecule has 0 saturated heterocycles.